The van der Waals surface area contributed by atoms with Gasteiger partial charge in [-0.25, -0.2) is 9.59 Å². The van der Waals surface area contributed by atoms with E-state index in [1.54, 1.807) is 20.8 Å². The standard InChI is InChI=1S/C29H33NO4S/c1-27(2,3)34-26(33)30-24(25(31)32)28(4,5)35-29(21-15-9-6-10-16-21,22-17-11-7-12-18-22)23-19-13-8-14-20-23/h6-20,24H,1-5H3,(H,30,33)(H,31,32). The lowest BCUT2D eigenvalue weighted by Crippen LogP contribution is -2.55. The van der Waals surface area contributed by atoms with Crippen molar-refractivity contribution in [2.75, 3.05) is 0 Å². The van der Waals surface area contributed by atoms with E-state index in [-0.39, 0.29) is 0 Å². The first-order chi connectivity index (χ1) is 16.5. The third-order valence-electron chi connectivity index (χ3n) is 5.56. The fraction of sp³-hybridized carbons (Fsp3) is 0.310. The molecule has 6 heteroatoms. The van der Waals surface area contributed by atoms with Crippen LogP contribution in [0.4, 0.5) is 4.79 Å². The number of carbonyl (C=O) groups excluding carboxylic acids is 1. The van der Waals surface area contributed by atoms with Gasteiger partial charge in [-0.3, -0.25) is 0 Å². The Morgan fingerprint density at radius 1 is 0.743 bits per heavy atom. The zero-order valence-corrected chi connectivity index (χ0v) is 21.6. The molecule has 0 saturated carbocycles. The summed E-state index contributed by atoms with van der Waals surface area (Å²) >= 11 is 1.50. The van der Waals surface area contributed by atoms with Crippen molar-refractivity contribution in [3.05, 3.63) is 108 Å². The number of alkyl carbamates (subject to hydrolysis) is 1. The van der Waals surface area contributed by atoms with Crippen LogP contribution in [0.5, 0.6) is 0 Å². The molecule has 1 atom stereocenters. The van der Waals surface area contributed by atoms with Crippen LogP contribution < -0.4 is 5.32 Å². The number of rotatable bonds is 8. The summed E-state index contributed by atoms with van der Waals surface area (Å²) in [5.74, 6) is -1.13. The van der Waals surface area contributed by atoms with Crippen LogP contribution in [0.25, 0.3) is 0 Å². The topological polar surface area (TPSA) is 75.6 Å². The number of carboxylic acid groups (broad SMARTS) is 1. The molecule has 0 fully saturated rings. The highest BCUT2D eigenvalue weighted by atomic mass is 32.2. The van der Waals surface area contributed by atoms with Crippen LogP contribution in [-0.2, 0) is 14.3 Å². The van der Waals surface area contributed by atoms with Crippen molar-refractivity contribution in [1.29, 1.82) is 0 Å². The van der Waals surface area contributed by atoms with E-state index in [0.29, 0.717) is 0 Å². The van der Waals surface area contributed by atoms with Gasteiger partial charge in [0.15, 0.2) is 0 Å². The van der Waals surface area contributed by atoms with Crippen molar-refractivity contribution < 1.29 is 19.4 Å². The molecule has 3 aromatic carbocycles. The largest absolute Gasteiger partial charge is 0.480 e. The quantitative estimate of drug-likeness (QED) is 0.353. The molecule has 3 aromatic rings. The second-order valence-corrected chi connectivity index (χ2v) is 11.8. The molecule has 0 radical (unpaired) electrons. The van der Waals surface area contributed by atoms with Gasteiger partial charge in [0.1, 0.15) is 11.6 Å². The monoisotopic (exact) mass is 491 g/mol. The molecule has 0 aliphatic carbocycles. The van der Waals surface area contributed by atoms with Gasteiger partial charge in [0.2, 0.25) is 0 Å². The van der Waals surface area contributed by atoms with E-state index in [1.807, 2.05) is 68.4 Å². The average molecular weight is 492 g/mol. The highest BCUT2D eigenvalue weighted by molar-refractivity contribution is 8.02. The normalized spacial score (nSPS) is 13.1. The van der Waals surface area contributed by atoms with Crippen LogP contribution in [0, 0.1) is 0 Å². The van der Waals surface area contributed by atoms with Gasteiger partial charge in [0.25, 0.3) is 0 Å². The molecule has 0 spiro atoms. The number of carbonyl (C=O) groups is 2. The van der Waals surface area contributed by atoms with Gasteiger partial charge < -0.3 is 15.2 Å². The Hall–Kier alpha value is -3.25. The van der Waals surface area contributed by atoms with Crippen molar-refractivity contribution in [3.8, 4) is 0 Å². The molecule has 0 bridgehead atoms. The minimum Gasteiger partial charge on any atom is -0.480 e. The maximum Gasteiger partial charge on any atom is 0.408 e. The van der Waals surface area contributed by atoms with Crippen LogP contribution in [-0.4, -0.2) is 33.6 Å². The van der Waals surface area contributed by atoms with Gasteiger partial charge in [0.05, 0.1) is 4.75 Å². The Balaban J connectivity index is 2.17. The highest BCUT2D eigenvalue weighted by Crippen LogP contribution is 2.54. The highest BCUT2D eigenvalue weighted by Gasteiger charge is 2.47. The minimum absolute atomic E-state index is 0.739. The zero-order valence-electron chi connectivity index (χ0n) is 20.8. The summed E-state index contributed by atoms with van der Waals surface area (Å²) in [6, 6.07) is 28.9. The van der Waals surface area contributed by atoms with Gasteiger partial charge in [-0.2, -0.15) is 0 Å². The minimum atomic E-state index is -1.21. The van der Waals surface area contributed by atoms with E-state index >= 15 is 0 Å². The van der Waals surface area contributed by atoms with Crippen molar-refractivity contribution in [2.24, 2.45) is 0 Å². The molecular weight excluding hydrogens is 458 g/mol. The van der Waals surface area contributed by atoms with E-state index < -0.39 is 33.2 Å². The number of nitrogens with one attached hydrogen (secondary N) is 1. The summed E-state index contributed by atoms with van der Waals surface area (Å²) in [5.41, 5.74) is 2.29. The summed E-state index contributed by atoms with van der Waals surface area (Å²) in [4.78, 5) is 25.0. The molecule has 3 rings (SSSR count). The Kier molecular flexibility index (Phi) is 7.96. The molecule has 35 heavy (non-hydrogen) atoms. The first-order valence-corrected chi connectivity index (χ1v) is 12.4. The molecule has 5 nitrogen and oxygen atoms in total. The Bertz CT molecular complexity index is 1030. The van der Waals surface area contributed by atoms with Crippen LogP contribution >= 0.6 is 11.8 Å². The number of hydrogen-bond acceptors (Lipinski definition) is 4. The van der Waals surface area contributed by atoms with Crippen molar-refractivity contribution in [3.63, 3.8) is 0 Å². The number of benzene rings is 3. The smallest absolute Gasteiger partial charge is 0.408 e. The van der Waals surface area contributed by atoms with Crippen molar-refractivity contribution >= 4 is 23.8 Å². The van der Waals surface area contributed by atoms with E-state index in [4.69, 9.17) is 4.74 Å². The number of amides is 1. The summed E-state index contributed by atoms with van der Waals surface area (Å²) in [7, 11) is 0. The van der Waals surface area contributed by atoms with E-state index in [9.17, 15) is 14.7 Å². The Morgan fingerprint density at radius 2 is 1.11 bits per heavy atom. The average Bonchev–Trinajstić information content (AvgIpc) is 2.81. The fourth-order valence-corrected chi connectivity index (χ4v) is 5.94. The molecule has 184 valence electrons. The second kappa shape index (κ2) is 10.6. The van der Waals surface area contributed by atoms with Crippen LogP contribution in [0.3, 0.4) is 0 Å². The fourth-order valence-electron chi connectivity index (χ4n) is 4.11. The van der Waals surface area contributed by atoms with E-state index in [2.05, 4.69) is 41.7 Å². The number of hydrogen-bond donors (Lipinski definition) is 2. The SMILES string of the molecule is CC(C)(C)OC(=O)NC(C(=O)O)C(C)(C)SC(c1ccccc1)(c1ccccc1)c1ccccc1. The molecule has 0 aliphatic rings. The maximum atomic E-state index is 12.6. The molecule has 0 saturated heterocycles. The molecule has 1 amide bonds. The molecule has 2 N–H and O–H groups in total. The molecule has 0 aromatic heterocycles. The number of thioether (sulfide) groups is 1. The first-order valence-electron chi connectivity index (χ1n) is 11.5. The lowest BCUT2D eigenvalue weighted by molar-refractivity contribution is -0.140. The summed E-state index contributed by atoms with van der Waals surface area (Å²) in [6.07, 6.45) is -0.761. The molecule has 0 heterocycles. The maximum absolute atomic E-state index is 12.6. The number of aliphatic carboxylic acids is 1. The Morgan fingerprint density at radius 3 is 1.43 bits per heavy atom. The van der Waals surface area contributed by atoms with Gasteiger partial charge in [-0.05, 0) is 51.3 Å². The number of carboxylic acids is 1. The van der Waals surface area contributed by atoms with Crippen molar-refractivity contribution in [1.82, 2.24) is 5.32 Å². The molecule has 1 unspecified atom stereocenters. The van der Waals surface area contributed by atoms with E-state index in [0.717, 1.165) is 16.7 Å². The van der Waals surface area contributed by atoms with Crippen molar-refractivity contribution in [2.45, 2.75) is 55.8 Å². The predicted octanol–water partition coefficient (Wildman–Crippen LogP) is 6.47. The second-order valence-electron chi connectivity index (χ2n) is 9.90. The number of ether oxygens (including phenoxy) is 1. The predicted molar refractivity (Wildman–Crippen MR) is 142 cm³/mol. The molecular formula is C29H33NO4S. The van der Waals surface area contributed by atoms with Gasteiger partial charge >= 0.3 is 12.1 Å². The Labute approximate surface area is 211 Å². The third kappa shape index (κ3) is 6.25. The lowest BCUT2D eigenvalue weighted by Gasteiger charge is -2.43. The summed E-state index contributed by atoms with van der Waals surface area (Å²) < 4.78 is 3.68. The lowest BCUT2D eigenvalue weighted by atomic mass is 9.84. The summed E-state index contributed by atoms with van der Waals surface area (Å²) in [6.45, 7) is 8.92. The van der Waals surface area contributed by atoms with Gasteiger partial charge in [-0.1, -0.05) is 91.0 Å². The summed E-state index contributed by atoms with van der Waals surface area (Å²) in [5, 5.41) is 12.8. The zero-order chi connectivity index (χ0) is 25.7. The van der Waals surface area contributed by atoms with Crippen LogP contribution in [0.2, 0.25) is 0 Å². The first kappa shape index (κ1) is 26.4. The van der Waals surface area contributed by atoms with Gasteiger partial charge in [0, 0.05) is 4.75 Å². The van der Waals surface area contributed by atoms with E-state index in [1.165, 1.54) is 11.8 Å². The molecule has 0 aliphatic heterocycles. The van der Waals surface area contributed by atoms with Crippen LogP contribution in [0.1, 0.15) is 51.3 Å². The third-order valence-corrected chi connectivity index (χ3v) is 7.34. The van der Waals surface area contributed by atoms with Gasteiger partial charge in [-0.15, -0.1) is 11.8 Å². The van der Waals surface area contributed by atoms with Crippen LogP contribution in [0.15, 0.2) is 91.0 Å².